The normalized spacial score (nSPS) is 14.3. The van der Waals surface area contributed by atoms with Crippen molar-refractivity contribution >= 4 is 46.3 Å². The molecular formula is C35H40BrF3N6O7. The van der Waals surface area contributed by atoms with Crippen LogP contribution in [0.25, 0.3) is 5.69 Å². The molecule has 3 N–H and O–H groups in total. The predicted octanol–water partition coefficient (Wildman–Crippen LogP) is 5.20. The Morgan fingerprint density at radius 3 is 2.38 bits per heavy atom. The van der Waals surface area contributed by atoms with E-state index in [1.54, 1.807) is 49.9 Å². The van der Waals surface area contributed by atoms with Crippen LogP contribution in [-0.2, 0) is 38.2 Å². The van der Waals surface area contributed by atoms with Crippen LogP contribution in [-0.4, -0.2) is 76.2 Å². The van der Waals surface area contributed by atoms with Crippen molar-refractivity contribution in [2.75, 3.05) is 25.7 Å². The van der Waals surface area contributed by atoms with Crippen molar-refractivity contribution < 1.29 is 41.8 Å². The summed E-state index contributed by atoms with van der Waals surface area (Å²) >= 11 is 2.85. The average molecular weight is 794 g/mol. The van der Waals surface area contributed by atoms with Gasteiger partial charge in [0.2, 0.25) is 19.2 Å². The lowest BCUT2D eigenvalue weighted by atomic mass is 10.0. The van der Waals surface area contributed by atoms with Gasteiger partial charge >= 0.3 is 18.2 Å². The van der Waals surface area contributed by atoms with Gasteiger partial charge < -0.3 is 25.4 Å². The Kier molecular flexibility index (Phi) is 14.3. The summed E-state index contributed by atoms with van der Waals surface area (Å²) in [5.41, 5.74) is 6.98. The molecule has 1 aromatic heterocycles. The first-order valence-corrected chi connectivity index (χ1v) is 16.7. The molecule has 0 saturated heterocycles. The zero-order valence-corrected chi connectivity index (χ0v) is 30.8. The van der Waals surface area contributed by atoms with Crippen molar-refractivity contribution in [2.24, 2.45) is 11.7 Å². The number of ether oxygens (including phenoxy) is 2. The molecule has 0 saturated carbocycles. The molecule has 52 heavy (non-hydrogen) atoms. The van der Waals surface area contributed by atoms with Crippen molar-refractivity contribution in [3.8, 4) is 5.69 Å². The third kappa shape index (κ3) is 10.3. The molecule has 1 aliphatic rings. The minimum atomic E-state index is -4.27. The summed E-state index contributed by atoms with van der Waals surface area (Å²) in [6, 6.07) is 9.15. The highest BCUT2D eigenvalue weighted by Crippen LogP contribution is 2.35. The fourth-order valence-electron chi connectivity index (χ4n) is 4.83. The van der Waals surface area contributed by atoms with Crippen molar-refractivity contribution in [3.05, 3.63) is 97.9 Å². The Bertz CT molecular complexity index is 1850. The van der Waals surface area contributed by atoms with Gasteiger partial charge in [-0.3, -0.25) is 19.2 Å². The lowest BCUT2D eigenvalue weighted by Crippen LogP contribution is -2.42. The first kappa shape index (κ1) is 41.4. The van der Waals surface area contributed by atoms with Gasteiger partial charge in [0.05, 0.1) is 23.5 Å². The van der Waals surface area contributed by atoms with E-state index < -0.39 is 42.5 Å². The van der Waals surface area contributed by atoms with Crippen LogP contribution in [0.1, 0.15) is 53.5 Å². The lowest BCUT2D eigenvalue weighted by Gasteiger charge is -2.31. The molecule has 0 radical (unpaired) electrons. The van der Waals surface area contributed by atoms with E-state index in [1.807, 2.05) is 6.92 Å². The molecule has 0 bridgehead atoms. The second-order valence-corrected chi connectivity index (χ2v) is 13.0. The Morgan fingerprint density at radius 1 is 1.17 bits per heavy atom. The molecule has 0 fully saturated rings. The van der Waals surface area contributed by atoms with Crippen LogP contribution in [0, 0.1) is 12.8 Å². The Hall–Kier alpha value is -5.03. The van der Waals surface area contributed by atoms with Gasteiger partial charge in [-0.1, -0.05) is 47.5 Å². The number of benzene rings is 2. The second kappa shape index (κ2) is 17.9. The molecule has 3 aromatic rings. The molecule has 0 aliphatic carbocycles. The van der Waals surface area contributed by atoms with Crippen LogP contribution in [0.15, 0.2) is 64.4 Å². The van der Waals surface area contributed by atoms with Gasteiger partial charge in [0.15, 0.2) is 0 Å². The summed E-state index contributed by atoms with van der Waals surface area (Å²) in [7, 11) is 1.22. The van der Waals surface area contributed by atoms with E-state index in [9.17, 15) is 37.1 Å². The maximum atomic E-state index is 13.6. The van der Waals surface area contributed by atoms with Crippen molar-refractivity contribution in [1.29, 1.82) is 0 Å². The number of aryl methyl sites for hydroxylation is 1. The standard InChI is InChI=1S/C27H34N6O7.C8H6BrF3/c1-6-11-29-26-30-21-13-32(14-34)17(4)12-20(21)24(36)33(26)19-9-7-18(8-10-19)23(35)31(5)27(38)40-15-39-25(37)22(28)16(2)3;1-5-2-3-7(9)6(4-5)8(10,11)12/h6-10,14,16-17,22H,1,11-13,15,28H2,2-5H3,(H,29,30);2-4H,1H3/t17-,22?;/m1./s1. The van der Waals surface area contributed by atoms with Gasteiger partial charge in [0, 0.05) is 35.2 Å². The van der Waals surface area contributed by atoms with Crippen molar-refractivity contribution in [1.82, 2.24) is 19.4 Å². The fraction of sp³-hybridized carbons (Fsp3) is 0.371. The Balaban J connectivity index is 0.000000513. The van der Waals surface area contributed by atoms with Gasteiger partial charge in [-0.15, -0.1) is 6.58 Å². The average Bonchev–Trinajstić information content (AvgIpc) is 3.10. The van der Waals surface area contributed by atoms with E-state index in [4.69, 9.17) is 15.2 Å². The lowest BCUT2D eigenvalue weighted by molar-refractivity contribution is -0.154. The molecule has 2 heterocycles. The van der Waals surface area contributed by atoms with Crippen molar-refractivity contribution in [3.63, 3.8) is 0 Å². The number of alkyl halides is 3. The smallest absolute Gasteiger partial charge is 0.419 e. The van der Waals surface area contributed by atoms with Crippen LogP contribution in [0.5, 0.6) is 0 Å². The second-order valence-electron chi connectivity index (χ2n) is 12.2. The summed E-state index contributed by atoms with van der Waals surface area (Å²) in [4.78, 5) is 68.8. The molecule has 13 nitrogen and oxygen atoms in total. The minimum absolute atomic E-state index is 0.0839. The van der Waals surface area contributed by atoms with E-state index in [0.29, 0.717) is 35.5 Å². The molecule has 0 spiro atoms. The SMILES string of the molecule is C=CCNc1nc2c(c(=O)n1-c1ccc(C(=O)N(C)C(=O)OCOC(=O)C(N)C(C)C)cc1)C[C@@H](C)N(C=O)C2.Cc1ccc(Br)c(C(F)(F)F)c1. The van der Waals surface area contributed by atoms with Crippen LogP contribution in [0.4, 0.5) is 23.9 Å². The summed E-state index contributed by atoms with van der Waals surface area (Å²) in [6.07, 6.45) is -2.58. The number of imide groups is 1. The number of carbonyl (C=O) groups excluding carboxylic acids is 4. The minimum Gasteiger partial charge on any atom is -0.427 e. The fourth-order valence-corrected chi connectivity index (χ4v) is 5.30. The van der Waals surface area contributed by atoms with Gasteiger partial charge in [-0.2, -0.15) is 13.2 Å². The van der Waals surface area contributed by atoms with E-state index in [-0.39, 0.29) is 40.0 Å². The highest BCUT2D eigenvalue weighted by atomic mass is 79.9. The highest BCUT2D eigenvalue weighted by Gasteiger charge is 2.33. The number of esters is 1. The summed E-state index contributed by atoms with van der Waals surface area (Å²) in [5.74, 6) is -1.30. The zero-order valence-electron chi connectivity index (χ0n) is 29.2. The third-order valence-electron chi connectivity index (χ3n) is 7.95. The topological polar surface area (TPSA) is 166 Å². The largest absolute Gasteiger partial charge is 0.427 e. The zero-order chi connectivity index (χ0) is 38.9. The number of nitrogens with two attached hydrogens (primary N) is 1. The van der Waals surface area contributed by atoms with Gasteiger partial charge in [0.25, 0.3) is 11.5 Å². The number of hydrogen-bond acceptors (Lipinski definition) is 10. The highest BCUT2D eigenvalue weighted by molar-refractivity contribution is 9.10. The third-order valence-corrected chi connectivity index (χ3v) is 8.64. The monoisotopic (exact) mass is 792 g/mol. The molecule has 4 rings (SSSR count). The molecule has 2 aromatic carbocycles. The summed E-state index contributed by atoms with van der Waals surface area (Å²) in [6.45, 7) is 10.5. The molecule has 1 aliphatic heterocycles. The number of fused-ring (bicyclic) bond motifs is 1. The van der Waals surface area contributed by atoms with Gasteiger partial charge in [-0.25, -0.2) is 19.2 Å². The maximum absolute atomic E-state index is 13.6. The van der Waals surface area contributed by atoms with Crippen LogP contribution >= 0.6 is 15.9 Å². The Morgan fingerprint density at radius 2 is 1.83 bits per heavy atom. The maximum Gasteiger partial charge on any atom is 0.419 e. The van der Waals surface area contributed by atoms with Gasteiger partial charge in [0.1, 0.15) is 6.04 Å². The number of halogens is 4. The summed E-state index contributed by atoms with van der Waals surface area (Å²) in [5, 5.41) is 3.05. The summed E-state index contributed by atoms with van der Waals surface area (Å²) < 4.78 is 47.8. The molecule has 2 atom stereocenters. The number of hydrogen-bond donors (Lipinski definition) is 2. The van der Waals surface area contributed by atoms with Crippen LogP contribution < -0.4 is 16.6 Å². The first-order chi connectivity index (χ1) is 24.4. The van der Waals surface area contributed by atoms with Gasteiger partial charge in [-0.05, 0) is 62.6 Å². The van der Waals surface area contributed by atoms with Crippen LogP contribution in [0.2, 0.25) is 0 Å². The quantitative estimate of drug-likeness (QED) is 0.121. The predicted molar refractivity (Wildman–Crippen MR) is 190 cm³/mol. The first-order valence-electron chi connectivity index (χ1n) is 15.9. The number of anilines is 1. The Labute approximate surface area is 306 Å². The molecule has 1 unspecified atom stereocenters. The molecular weight excluding hydrogens is 753 g/mol. The van der Waals surface area contributed by atoms with Crippen LogP contribution in [0.3, 0.4) is 0 Å². The number of nitrogens with zero attached hydrogens (tertiary/aromatic N) is 4. The number of amides is 3. The molecule has 3 amide bonds. The number of aromatic nitrogens is 2. The number of carbonyl (C=O) groups is 4. The molecule has 280 valence electrons. The van der Waals surface area contributed by atoms with E-state index in [0.717, 1.165) is 17.4 Å². The molecule has 17 heteroatoms. The number of nitrogens with one attached hydrogen (secondary N) is 1. The van der Waals surface area contributed by atoms with Crippen molar-refractivity contribution in [2.45, 2.75) is 58.9 Å². The van der Waals surface area contributed by atoms with E-state index >= 15 is 0 Å². The van der Waals surface area contributed by atoms with E-state index in [1.165, 1.54) is 29.8 Å². The van der Waals surface area contributed by atoms with E-state index in [2.05, 4.69) is 32.8 Å². The number of rotatable bonds is 10.